The summed E-state index contributed by atoms with van der Waals surface area (Å²) in [5, 5.41) is 4.63. The van der Waals surface area contributed by atoms with E-state index in [2.05, 4.69) is 10.6 Å². The first-order valence-electron chi connectivity index (χ1n) is 6.37. The summed E-state index contributed by atoms with van der Waals surface area (Å²) in [5.41, 5.74) is 0.836. The molecule has 2 amide bonds. The third-order valence-electron chi connectivity index (χ3n) is 2.53. The van der Waals surface area contributed by atoms with Gasteiger partial charge in [-0.1, -0.05) is 30.3 Å². The molecule has 1 aromatic rings. The molecule has 7 nitrogen and oxygen atoms in total. The van der Waals surface area contributed by atoms with Crippen LogP contribution in [0.25, 0.3) is 0 Å². The first kappa shape index (κ1) is 16.5. The van der Waals surface area contributed by atoms with Crippen molar-refractivity contribution < 1.29 is 23.9 Å². The van der Waals surface area contributed by atoms with Crippen molar-refractivity contribution in [3.8, 4) is 0 Å². The van der Waals surface area contributed by atoms with Gasteiger partial charge < -0.3 is 20.1 Å². The number of carbonyl (C=O) groups excluding carboxylic acids is 3. The monoisotopic (exact) mass is 294 g/mol. The zero-order valence-electron chi connectivity index (χ0n) is 11.9. The van der Waals surface area contributed by atoms with E-state index in [1.165, 1.54) is 14.0 Å². The van der Waals surface area contributed by atoms with Gasteiger partial charge in [0.2, 0.25) is 0 Å². The Hall–Kier alpha value is -2.57. The zero-order valence-corrected chi connectivity index (χ0v) is 11.9. The molecule has 0 aromatic heterocycles. The third-order valence-corrected chi connectivity index (χ3v) is 2.53. The average Bonchev–Trinajstić information content (AvgIpc) is 2.51. The Morgan fingerprint density at radius 2 is 1.81 bits per heavy atom. The summed E-state index contributed by atoms with van der Waals surface area (Å²) in [7, 11) is 1.43. The van der Waals surface area contributed by atoms with Gasteiger partial charge in [0.15, 0.2) is 6.61 Å². The van der Waals surface area contributed by atoms with Crippen molar-refractivity contribution in [3.05, 3.63) is 35.9 Å². The van der Waals surface area contributed by atoms with Crippen LogP contribution in [0.2, 0.25) is 0 Å². The van der Waals surface area contributed by atoms with E-state index in [1.54, 1.807) is 0 Å². The molecule has 0 heterocycles. The number of ether oxygens (including phenoxy) is 2. The molecule has 0 unspecified atom stereocenters. The van der Waals surface area contributed by atoms with E-state index in [0.717, 1.165) is 5.56 Å². The minimum Gasteiger partial charge on any atom is -0.454 e. The molecule has 0 aliphatic carbocycles. The summed E-state index contributed by atoms with van der Waals surface area (Å²) in [5.74, 6) is -1.14. The van der Waals surface area contributed by atoms with Crippen LogP contribution in [0.3, 0.4) is 0 Å². The fourth-order valence-electron chi connectivity index (χ4n) is 1.33. The predicted octanol–water partition coefficient (Wildman–Crippen LogP) is 0.591. The summed E-state index contributed by atoms with van der Waals surface area (Å²) in [6, 6.07) is 8.24. The Kier molecular flexibility index (Phi) is 6.73. The molecular weight excluding hydrogens is 276 g/mol. The quantitative estimate of drug-likeness (QED) is 0.749. The Morgan fingerprint density at radius 3 is 2.43 bits per heavy atom. The van der Waals surface area contributed by atoms with Crippen LogP contribution < -0.4 is 10.6 Å². The maximum absolute atomic E-state index is 11.5. The highest BCUT2D eigenvalue weighted by Crippen LogP contribution is 2.00. The molecule has 2 N–H and O–H groups in total. The van der Waals surface area contributed by atoms with Crippen molar-refractivity contribution in [2.24, 2.45) is 0 Å². The molecule has 0 radical (unpaired) electrons. The molecule has 0 aliphatic rings. The Bertz CT molecular complexity index is 489. The van der Waals surface area contributed by atoms with E-state index in [9.17, 15) is 14.4 Å². The number of carbonyl (C=O) groups is 3. The van der Waals surface area contributed by atoms with Crippen molar-refractivity contribution in [2.75, 3.05) is 13.7 Å². The van der Waals surface area contributed by atoms with Crippen LogP contribution in [0.4, 0.5) is 4.79 Å². The molecule has 0 aliphatic heterocycles. The van der Waals surface area contributed by atoms with Gasteiger partial charge in [-0.05, 0) is 12.5 Å². The zero-order chi connectivity index (χ0) is 15.7. The van der Waals surface area contributed by atoms with E-state index in [-0.39, 0.29) is 13.2 Å². The van der Waals surface area contributed by atoms with Gasteiger partial charge in [-0.2, -0.15) is 0 Å². The average molecular weight is 294 g/mol. The lowest BCUT2D eigenvalue weighted by Gasteiger charge is -2.13. The molecule has 114 valence electrons. The third kappa shape index (κ3) is 6.42. The molecule has 0 fully saturated rings. The second-order valence-electron chi connectivity index (χ2n) is 4.21. The summed E-state index contributed by atoms with van der Waals surface area (Å²) in [6.07, 6.45) is -0.733. The van der Waals surface area contributed by atoms with Crippen LogP contribution in [0.15, 0.2) is 30.3 Å². The number of amides is 2. The van der Waals surface area contributed by atoms with Gasteiger partial charge in [0.05, 0.1) is 0 Å². The maximum Gasteiger partial charge on any atom is 0.408 e. The van der Waals surface area contributed by atoms with E-state index in [4.69, 9.17) is 9.47 Å². The Balaban J connectivity index is 2.29. The van der Waals surface area contributed by atoms with Gasteiger partial charge in [-0.3, -0.25) is 4.79 Å². The van der Waals surface area contributed by atoms with Crippen LogP contribution in [-0.4, -0.2) is 37.7 Å². The van der Waals surface area contributed by atoms with Crippen molar-refractivity contribution >= 4 is 18.0 Å². The number of alkyl carbamates (subject to hydrolysis) is 1. The number of likely N-dealkylation sites (N-methyl/N-ethyl adjacent to an activating group) is 1. The van der Waals surface area contributed by atoms with Gasteiger partial charge >= 0.3 is 12.1 Å². The second-order valence-corrected chi connectivity index (χ2v) is 4.21. The summed E-state index contributed by atoms with van der Waals surface area (Å²) in [6.45, 7) is 1.16. The smallest absolute Gasteiger partial charge is 0.408 e. The van der Waals surface area contributed by atoms with Gasteiger partial charge in [0.25, 0.3) is 5.91 Å². The number of hydrogen-bond acceptors (Lipinski definition) is 5. The molecular formula is C14H18N2O5. The molecule has 0 saturated heterocycles. The summed E-state index contributed by atoms with van der Waals surface area (Å²) >= 11 is 0. The normalized spacial score (nSPS) is 11.1. The fraction of sp³-hybridized carbons (Fsp3) is 0.357. The van der Waals surface area contributed by atoms with Crippen LogP contribution in [0, 0.1) is 0 Å². The van der Waals surface area contributed by atoms with Crippen molar-refractivity contribution in [3.63, 3.8) is 0 Å². The number of hydrogen-bond donors (Lipinski definition) is 2. The van der Waals surface area contributed by atoms with Crippen LogP contribution >= 0.6 is 0 Å². The van der Waals surface area contributed by atoms with E-state index < -0.39 is 24.0 Å². The number of rotatable bonds is 6. The first-order valence-corrected chi connectivity index (χ1v) is 6.37. The predicted molar refractivity (Wildman–Crippen MR) is 74.3 cm³/mol. The second kappa shape index (κ2) is 8.57. The minimum absolute atomic E-state index is 0.104. The number of esters is 1. The summed E-state index contributed by atoms with van der Waals surface area (Å²) in [4.78, 5) is 33.9. The van der Waals surface area contributed by atoms with Gasteiger partial charge in [0, 0.05) is 7.05 Å². The van der Waals surface area contributed by atoms with Crippen molar-refractivity contribution in [1.82, 2.24) is 10.6 Å². The Labute approximate surface area is 122 Å². The lowest BCUT2D eigenvalue weighted by molar-refractivity contribution is -0.149. The molecule has 0 saturated carbocycles. The topological polar surface area (TPSA) is 93.7 Å². The fourth-order valence-corrected chi connectivity index (χ4v) is 1.33. The number of benzene rings is 1. The highest BCUT2D eigenvalue weighted by atomic mass is 16.6. The molecule has 1 atom stereocenters. The lowest BCUT2D eigenvalue weighted by Crippen LogP contribution is -2.40. The molecule has 0 spiro atoms. The maximum atomic E-state index is 11.5. The highest BCUT2D eigenvalue weighted by Gasteiger charge is 2.18. The minimum atomic E-state index is -0.905. The lowest BCUT2D eigenvalue weighted by atomic mass is 10.2. The Morgan fingerprint density at radius 1 is 1.14 bits per heavy atom. The van der Waals surface area contributed by atoms with Crippen LogP contribution in [-0.2, 0) is 25.7 Å². The molecule has 1 rings (SSSR count). The van der Waals surface area contributed by atoms with Gasteiger partial charge in [-0.25, -0.2) is 9.59 Å². The van der Waals surface area contributed by atoms with E-state index in [0.29, 0.717) is 0 Å². The SMILES string of the molecule is CNC(=O)COC(=O)[C@H](C)NC(=O)OCc1ccccc1. The van der Waals surface area contributed by atoms with Crippen LogP contribution in [0.1, 0.15) is 12.5 Å². The first-order chi connectivity index (χ1) is 10.0. The molecule has 21 heavy (non-hydrogen) atoms. The molecule has 1 aromatic carbocycles. The number of nitrogens with one attached hydrogen (secondary N) is 2. The largest absolute Gasteiger partial charge is 0.454 e. The highest BCUT2D eigenvalue weighted by molar-refractivity contribution is 5.84. The standard InChI is InChI=1S/C14H18N2O5/c1-10(13(18)20-9-12(17)15-2)16-14(19)21-8-11-6-4-3-5-7-11/h3-7,10H,8-9H2,1-2H3,(H,15,17)(H,16,19)/t10-/m0/s1. The molecule has 7 heteroatoms. The van der Waals surface area contributed by atoms with Gasteiger partial charge in [-0.15, -0.1) is 0 Å². The van der Waals surface area contributed by atoms with E-state index in [1.807, 2.05) is 30.3 Å². The van der Waals surface area contributed by atoms with Crippen LogP contribution in [0.5, 0.6) is 0 Å². The van der Waals surface area contributed by atoms with Crippen molar-refractivity contribution in [1.29, 1.82) is 0 Å². The molecule has 0 bridgehead atoms. The van der Waals surface area contributed by atoms with Crippen molar-refractivity contribution in [2.45, 2.75) is 19.6 Å². The van der Waals surface area contributed by atoms with E-state index >= 15 is 0 Å². The van der Waals surface area contributed by atoms with Gasteiger partial charge in [0.1, 0.15) is 12.6 Å². The summed E-state index contributed by atoms with van der Waals surface area (Å²) < 4.78 is 9.66.